The van der Waals surface area contributed by atoms with Crippen molar-refractivity contribution in [1.29, 1.82) is 0 Å². The van der Waals surface area contributed by atoms with Gasteiger partial charge in [-0.15, -0.1) is 0 Å². The zero-order valence-corrected chi connectivity index (χ0v) is 10.5. The van der Waals surface area contributed by atoms with Gasteiger partial charge in [0, 0.05) is 37.7 Å². The van der Waals surface area contributed by atoms with Crippen LogP contribution in [-0.4, -0.2) is 43.1 Å². The van der Waals surface area contributed by atoms with Crippen LogP contribution in [0.15, 0.2) is 18.5 Å². The topological polar surface area (TPSA) is 19.4 Å². The molecule has 1 atom stereocenters. The Morgan fingerprint density at radius 1 is 1.56 bits per heavy atom. The number of hydrogen-bond donors (Lipinski definition) is 0. The summed E-state index contributed by atoms with van der Waals surface area (Å²) in [6.07, 6.45) is 6.47. The van der Waals surface area contributed by atoms with E-state index in [0.29, 0.717) is 6.04 Å². The average molecular weight is 219 g/mol. The summed E-state index contributed by atoms with van der Waals surface area (Å²) >= 11 is 0. The Balaban J connectivity index is 2.03. The number of aryl methyl sites for hydroxylation is 1. The van der Waals surface area contributed by atoms with E-state index in [1.165, 1.54) is 30.6 Å². The van der Waals surface area contributed by atoms with Crippen molar-refractivity contribution >= 4 is 5.69 Å². The van der Waals surface area contributed by atoms with Crippen molar-refractivity contribution in [2.24, 2.45) is 0 Å². The predicted octanol–water partition coefficient (Wildman–Crippen LogP) is 1.92. The fourth-order valence-electron chi connectivity index (χ4n) is 2.52. The van der Waals surface area contributed by atoms with Gasteiger partial charge in [0.25, 0.3) is 0 Å². The molecule has 88 valence electrons. The second kappa shape index (κ2) is 4.83. The SMILES string of the molecule is Cc1cnccc1N(C)CC1CCCN1C. The molecule has 1 unspecified atom stereocenters. The number of likely N-dealkylation sites (tertiary alicyclic amines) is 1. The molecule has 16 heavy (non-hydrogen) atoms. The van der Waals surface area contributed by atoms with E-state index >= 15 is 0 Å². The molecule has 0 spiro atoms. The fraction of sp³-hybridized carbons (Fsp3) is 0.615. The van der Waals surface area contributed by atoms with E-state index in [0.717, 1.165) is 6.54 Å². The van der Waals surface area contributed by atoms with Gasteiger partial charge >= 0.3 is 0 Å². The third kappa shape index (κ3) is 2.35. The maximum absolute atomic E-state index is 4.14. The lowest BCUT2D eigenvalue weighted by Gasteiger charge is -2.28. The molecule has 0 saturated carbocycles. The lowest BCUT2D eigenvalue weighted by Crippen LogP contribution is -2.36. The maximum atomic E-state index is 4.14. The molecule has 0 aromatic carbocycles. The van der Waals surface area contributed by atoms with E-state index in [4.69, 9.17) is 0 Å². The van der Waals surface area contributed by atoms with Gasteiger partial charge in [0.1, 0.15) is 0 Å². The summed E-state index contributed by atoms with van der Waals surface area (Å²) in [6, 6.07) is 2.81. The number of pyridine rings is 1. The summed E-state index contributed by atoms with van der Waals surface area (Å²) in [6.45, 7) is 4.48. The van der Waals surface area contributed by atoms with Crippen molar-refractivity contribution in [3.05, 3.63) is 24.0 Å². The zero-order valence-electron chi connectivity index (χ0n) is 10.5. The minimum Gasteiger partial charge on any atom is -0.373 e. The van der Waals surface area contributed by atoms with Crippen LogP contribution in [0.2, 0.25) is 0 Å². The summed E-state index contributed by atoms with van der Waals surface area (Å²) in [4.78, 5) is 8.95. The molecule has 1 aliphatic rings. The van der Waals surface area contributed by atoms with E-state index in [1.54, 1.807) is 0 Å². The van der Waals surface area contributed by atoms with Crippen LogP contribution < -0.4 is 4.90 Å². The molecule has 1 aromatic rings. The van der Waals surface area contributed by atoms with Gasteiger partial charge in [0.15, 0.2) is 0 Å². The summed E-state index contributed by atoms with van der Waals surface area (Å²) in [5, 5.41) is 0. The molecular weight excluding hydrogens is 198 g/mol. The Morgan fingerprint density at radius 2 is 2.38 bits per heavy atom. The molecule has 3 nitrogen and oxygen atoms in total. The first-order valence-corrected chi connectivity index (χ1v) is 6.00. The predicted molar refractivity (Wildman–Crippen MR) is 67.9 cm³/mol. The molecule has 1 fully saturated rings. The van der Waals surface area contributed by atoms with Crippen LogP contribution in [0.5, 0.6) is 0 Å². The van der Waals surface area contributed by atoms with Crippen LogP contribution in [0.3, 0.4) is 0 Å². The number of rotatable bonds is 3. The van der Waals surface area contributed by atoms with Gasteiger partial charge in [-0.2, -0.15) is 0 Å². The molecule has 0 aliphatic carbocycles. The van der Waals surface area contributed by atoms with E-state index < -0.39 is 0 Å². The molecule has 0 bridgehead atoms. The highest BCUT2D eigenvalue weighted by molar-refractivity contribution is 5.50. The van der Waals surface area contributed by atoms with Gasteiger partial charge in [0.05, 0.1) is 0 Å². The fourth-order valence-corrected chi connectivity index (χ4v) is 2.52. The Morgan fingerprint density at radius 3 is 3.00 bits per heavy atom. The van der Waals surface area contributed by atoms with Crippen LogP contribution in [0.4, 0.5) is 5.69 Å². The molecule has 1 saturated heterocycles. The first-order chi connectivity index (χ1) is 7.68. The number of anilines is 1. The molecule has 3 heteroatoms. The Kier molecular flexibility index (Phi) is 3.44. The van der Waals surface area contributed by atoms with Gasteiger partial charge in [-0.3, -0.25) is 4.98 Å². The summed E-state index contributed by atoms with van der Waals surface area (Å²) < 4.78 is 0. The highest BCUT2D eigenvalue weighted by Gasteiger charge is 2.22. The molecule has 1 aromatic heterocycles. The number of likely N-dealkylation sites (N-methyl/N-ethyl adjacent to an activating group) is 2. The van der Waals surface area contributed by atoms with E-state index in [-0.39, 0.29) is 0 Å². The van der Waals surface area contributed by atoms with Crippen LogP contribution >= 0.6 is 0 Å². The number of nitrogens with zero attached hydrogens (tertiary/aromatic N) is 3. The van der Waals surface area contributed by atoms with Gasteiger partial charge in [-0.05, 0) is 45.0 Å². The smallest absolute Gasteiger partial charge is 0.0424 e. The van der Waals surface area contributed by atoms with Crippen molar-refractivity contribution in [3.63, 3.8) is 0 Å². The second-order valence-corrected chi connectivity index (χ2v) is 4.82. The lowest BCUT2D eigenvalue weighted by molar-refractivity contribution is 0.314. The standard InChI is InChI=1S/C13H21N3/c1-11-9-14-7-6-13(11)16(3)10-12-5-4-8-15(12)2/h6-7,9,12H,4-5,8,10H2,1-3H3. The first kappa shape index (κ1) is 11.4. The normalized spacial score (nSPS) is 21.3. The summed E-state index contributed by atoms with van der Waals surface area (Å²) in [7, 11) is 4.40. The molecule has 0 radical (unpaired) electrons. The van der Waals surface area contributed by atoms with Crippen LogP contribution in [-0.2, 0) is 0 Å². The van der Waals surface area contributed by atoms with Gasteiger partial charge in [0.2, 0.25) is 0 Å². The first-order valence-electron chi connectivity index (χ1n) is 6.00. The summed E-state index contributed by atoms with van der Waals surface area (Å²) in [5.74, 6) is 0. The van der Waals surface area contributed by atoms with Crippen LogP contribution in [0, 0.1) is 6.92 Å². The Hall–Kier alpha value is -1.09. The third-order valence-electron chi connectivity index (χ3n) is 3.56. The monoisotopic (exact) mass is 219 g/mol. The molecule has 1 aliphatic heterocycles. The van der Waals surface area contributed by atoms with E-state index in [9.17, 15) is 0 Å². The van der Waals surface area contributed by atoms with Crippen LogP contribution in [0.1, 0.15) is 18.4 Å². The summed E-state index contributed by atoms with van der Waals surface area (Å²) in [5.41, 5.74) is 2.56. The highest BCUT2D eigenvalue weighted by Crippen LogP contribution is 2.21. The van der Waals surface area contributed by atoms with Crippen LogP contribution in [0.25, 0.3) is 0 Å². The molecule has 2 rings (SSSR count). The van der Waals surface area contributed by atoms with Gasteiger partial charge in [-0.25, -0.2) is 0 Å². The Bertz CT molecular complexity index is 351. The molecule has 2 heterocycles. The largest absolute Gasteiger partial charge is 0.373 e. The van der Waals surface area contributed by atoms with E-state index in [1.807, 2.05) is 12.4 Å². The van der Waals surface area contributed by atoms with Crippen molar-refractivity contribution in [1.82, 2.24) is 9.88 Å². The molecule has 0 N–H and O–H groups in total. The highest BCUT2D eigenvalue weighted by atomic mass is 15.2. The van der Waals surface area contributed by atoms with E-state index in [2.05, 4.69) is 41.9 Å². The van der Waals surface area contributed by atoms with Crippen molar-refractivity contribution in [2.75, 3.05) is 32.1 Å². The zero-order chi connectivity index (χ0) is 11.5. The molecular formula is C13H21N3. The maximum Gasteiger partial charge on any atom is 0.0424 e. The Labute approximate surface area is 98.1 Å². The van der Waals surface area contributed by atoms with Crippen molar-refractivity contribution < 1.29 is 0 Å². The lowest BCUT2D eigenvalue weighted by atomic mass is 10.2. The minimum atomic E-state index is 0.706. The third-order valence-corrected chi connectivity index (χ3v) is 3.56. The number of hydrogen-bond acceptors (Lipinski definition) is 3. The second-order valence-electron chi connectivity index (χ2n) is 4.82. The van der Waals surface area contributed by atoms with Crippen molar-refractivity contribution in [2.45, 2.75) is 25.8 Å². The van der Waals surface area contributed by atoms with Crippen molar-refractivity contribution in [3.8, 4) is 0 Å². The molecule has 0 amide bonds. The van der Waals surface area contributed by atoms with Gasteiger partial charge in [-0.1, -0.05) is 0 Å². The van der Waals surface area contributed by atoms with Gasteiger partial charge < -0.3 is 9.80 Å². The average Bonchev–Trinajstić information content (AvgIpc) is 2.65. The number of aromatic nitrogens is 1. The quantitative estimate of drug-likeness (QED) is 0.774. The minimum absolute atomic E-state index is 0.706.